The van der Waals surface area contributed by atoms with Crippen molar-refractivity contribution in [2.45, 2.75) is 46.6 Å². The van der Waals surface area contributed by atoms with Crippen LogP contribution in [-0.2, 0) is 4.79 Å². The maximum absolute atomic E-state index is 10.8. The molecule has 0 saturated carbocycles. The maximum atomic E-state index is 10.8. The molecule has 1 unspecified atom stereocenters. The topological polar surface area (TPSA) is 29.1 Å². The lowest BCUT2D eigenvalue weighted by Gasteiger charge is -2.30. The smallest absolute Gasteiger partial charge is 0.129 e. The zero-order valence-electron chi connectivity index (χ0n) is 8.90. The Morgan fingerprint density at radius 3 is 2.17 bits per heavy atom. The first-order valence-corrected chi connectivity index (χ1v) is 4.54. The summed E-state index contributed by atoms with van der Waals surface area (Å²) >= 11 is 0. The molecule has 0 aromatic carbocycles. The monoisotopic (exact) mass is 171 g/mol. The Morgan fingerprint density at radius 2 is 1.92 bits per heavy atom. The summed E-state index contributed by atoms with van der Waals surface area (Å²) in [6, 6.07) is 0.432. The Balaban J connectivity index is 3.92. The molecular formula is C10H21NO. The molecule has 0 spiro atoms. The van der Waals surface area contributed by atoms with Crippen LogP contribution in [0.4, 0.5) is 0 Å². The maximum Gasteiger partial charge on any atom is 0.129 e. The second-order valence-electron chi connectivity index (χ2n) is 4.45. The van der Waals surface area contributed by atoms with Crippen molar-refractivity contribution in [3.63, 3.8) is 0 Å². The molecule has 0 bridgehead atoms. The first kappa shape index (κ1) is 11.6. The van der Waals surface area contributed by atoms with Crippen LogP contribution in [-0.4, -0.2) is 18.9 Å². The van der Waals surface area contributed by atoms with Crippen molar-refractivity contribution in [3.8, 4) is 0 Å². The van der Waals surface area contributed by atoms with E-state index in [1.165, 1.54) is 0 Å². The average molecular weight is 171 g/mol. The van der Waals surface area contributed by atoms with Gasteiger partial charge in [0.05, 0.1) is 0 Å². The highest BCUT2D eigenvalue weighted by Crippen LogP contribution is 2.22. The van der Waals surface area contributed by atoms with Crippen molar-refractivity contribution in [1.82, 2.24) is 5.32 Å². The molecule has 12 heavy (non-hydrogen) atoms. The van der Waals surface area contributed by atoms with Gasteiger partial charge in [-0.1, -0.05) is 20.8 Å². The molecule has 0 heterocycles. The minimum absolute atomic E-state index is 0.240. The summed E-state index contributed by atoms with van der Waals surface area (Å²) in [5.41, 5.74) is 0.240. The highest BCUT2D eigenvalue weighted by molar-refractivity contribution is 5.75. The molecule has 0 saturated heterocycles. The predicted octanol–water partition coefficient (Wildman–Crippen LogP) is 1.99. The molecule has 0 amide bonds. The van der Waals surface area contributed by atoms with Crippen LogP contribution in [0.5, 0.6) is 0 Å². The van der Waals surface area contributed by atoms with Crippen LogP contribution in [0.25, 0.3) is 0 Å². The van der Waals surface area contributed by atoms with Gasteiger partial charge >= 0.3 is 0 Å². The van der Waals surface area contributed by atoms with E-state index in [2.05, 4.69) is 26.1 Å². The van der Waals surface area contributed by atoms with Crippen LogP contribution in [0.15, 0.2) is 0 Å². The van der Waals surface area contributed by atoms with Crippen molar-refractivity contribution in [2.24, 2.45) is 5.41 Å². The van der Waals surface area contributed by atoms with Gasteiger partial charge in [0, 0.05) is 12.5 Å². The SMILES string of the molecule is CNC(CCC(C)=O)C(C)(C)C. The first-order chi connectivity index (χ1) is 5.38. The van der Waals surface area contributed by atoms with Crippen LogP contribution in [0.2, 0.25) is 0 Å². The molecule has 0 rings (SSSR count). The largest absolute Gasteiger partial charge is 0.316 e. The van der Waals surface area contributed by atoms with Crippen LogP contribution in [0, 0.1) is 5.41 Å². The summed E-state index contributed by atoms with van der Waals surface area (Å²) < 4.78 is 0. The van der Waals surface area contributed by atoms with Crippen molar-refractivity contribution < 1.29 is 4.79 Å². The number of ketones is 1. The minimum Gasteiger partial charge on any atom is -0.316 e. The van der Waals surface area contributed by atoms with Gasteiger partial charge in [0.2, 0.25) is 0 Å². The molecule has 2 heteroatoms. The summed E-state index contributed by atoms with van der Waals surface area (Å²) in [6.07, 6.45) is 1.62. The van der Waals surface area contributed by atoms with Crippen LogP contribution >= 0.6 is 0 Å². The fourth-order valence-electron chi connectivity index (χ4n) is 1.36. The number of carbonyl (C=O) groups is 1. The van der Waals surface area contributed by atoms with Crippen LogP contribution < -0.4 is 5.32 Å². The predicted molar refractivity (Wildman–Crippen MR) is 52.2 cm³/mol. The highest BCUT2D eigenvalue weighted by atomic mass is 16.1. The molecule has 0 aromatic heterocycles. The lowest BCUT2D eigenvalue weighted by molar-refractivity contribution is -0.117. The van der Waals surface area contributed by atoms with Gasteiger partial charge in [-0.3, -0.25) is 0 Å². The Hall–Kier alpha value is -0.370. The lowest BCUT2D eigenvalue weighted by atomic mass is 9.84. The van der Waals surface area contributed by atoms with Gasteiger partial charge in [-0.15, -0.1) is 0 Å². The molecule has 0 aromatic rings. The Morgan fingerprint density at radius 1 is 1.42 bits per heavy atom. The van der Waals surface area contributed by atoms with Crippen molar-refractivity contribution in [3.05, 3.63) is 0 Å². The molecule has 1 N–H and O–H groups in total. The fourth-order valence-corrected chi connectivity index (χ4v) is 1.36. The van der Waals surface area contributed by atoms with Crippen LogP contribution in [0.3, 0.4) is 0 Å². The van der Waals surface area contributed by atoms with E-state index in [-0.39, 0.29) is 11.2 Å². The zero-order valence-corrected chi connectivity index (χ0v) is 8.90. The van der Waals surface area contributed by atoms with E-state index < -0.39 is 0 Å². The zero-order chi connectivity index (χ0) is 9.78. The number of Topliss-reactive ketones (excluding diaryl/α,β-unsaturated/α-hetero) is 1. The van der Waals surface area contributed by atoms with E-state index in [1.54, 1.807) is 6.92 Å². The average Bonchev–Trinajstić information content (AvgIpc) is 1.85. The normalized spacial score (nSPS) is 14.4. The summed E-state index contributed by atoms with van der Waals surface area (Å²) in [6.45, 7) is 8.21. The molecule has 0 radical (unpaired) electrons. The van der Waals surface area contributed by atoms with Gasteiger partial charge in [0.1, 0.15) is 5.78 Å². The van der Waals surface area contributed by atoms with Gasteiger partial charge in [-0.2, -0.15) is 0 Å². The third kappa shape index (κ3) is 4.50. The first-order valence-electron chi connectivity index (χ1n) is 4.54. The summed E-state index contributed by atoms with van der Waals surface area (Å²) in [5.74, 6) is 0.277. The lowest BCUT2D eigenvalue weighted by Crippen LogP contribution is -2.38. The Bertz CT molecular complexity index is 146. The van der Waals surface area contributed by atoms with Crippen molar-refractivity contribution in [2.75, 3.05) is 7.05 Å². The van der Waals surface area contributed by atoms with Gasteiger partial charge in [-0.05, 0) is 25.8 Å². The van der Waals surface area contributed by atoms with E-state index in [4.69, 9.17) is 0 Å². The molecule has 72 valence electrons. The fraction of sp³-hybridized carbons (Fsp3) is 0.900. The summed E-state index contributed by atoms with van der Waals surface area (Å²) in [7, 11) is 1.95. The van der Waals surface area contributed by atoms with Gasteiger partial charge < -0.3 is 10.1 Å². The summed E-state index contributed by atoms with van der Waals surface area (Å²) in [4.78, 5) is 10.8. The number of nitrogens with one attached hydrogen (secondary N) is 1. The molecule has 1 atom stereocenters. The molecule has 0 aliphatic rings. The van der Waals surface area contributed by atoms with Gasteiger partial charge in [0.15, 0.2) is 0 Å². The van der Waals surface area contributed by atoms with Gasteiger partial charge in [0.25, 0.3) is 0 Å². The quantitative estimate of drug-likeness (QED) is 0.701. The third-order valence-corrected chi connectivity index (χ3v) is 2.18. The van der Waals surface area contributed by atoms with Gasteiger partial charge in [-0.25, -0.2) is 0 Å². The van der Waals surface area contributed by atoms with Crippen LogP contribution in [0.1, 0.15) is 40.5 Å². The van der Waals surface area contributed by atoms with E-state index >= 15 is 0 Å². The number of rotatable bonds is 4. The number of hydrogen-bond acceptors (Lipinski definition) is 2. The number of carbonyl (C=O) groups excluding carboxylic acids is 1. The molecule has 0 aliphatic heterocycles. The van der Waals surface area contributed by atoms with E-state index in [0.29, 0.717) is 12.5 Å². The van der Waals surface area contributed by atoms with E-state index in [9.17, 15) is 4.79 Å². The second-order valence-corrected chi connectivity index (χ2v) is 4.45. The molecule has 2 nitrogen and oxygen atoms in total. The molecular weight excluding hydrogens is 150 g/mol. The second kappa shape index (κ2) is 4.61. The Kier molecular flexibility index (Phi) is 4.46. The van der Waals surface area contributed by atoms with Crippen molar-refractivity contribution in [1.29, 1.82) is 0 Å². The van der Waals surface area contributed by atoms with E-state index in [1.807, 2.05) is 7.05 Å². The Labute approximate surface area is 75.7 Å². The van der Waals surface area contributed by atoms with E-state index in [0.717, 1.165) is 6.42 Å². The highest BCUT2D eigenvalue weighted by Gasteiger charge is 2.22. The molecule has 0 fully saturated rings. The summed E-state index contributed by atoms with van der Waals surface area (Å²) in [5, 5.41) is 3.25. The van der Waals surface area contributed by atoms with Crippen molar-refractivity contribution >= 4 is 5.78 Å². The number of hydrogen-bond donors (Lipinski definition) is 1. The molecule has 0 aliphatic carbocycles. The third-order valence-electron chi connectivity index (χ3n) is 2.18. The standard InChI is InChI=1S/C10H21NO/c1-8(12)6-7-9(11-5)10(2,3)4/h9,11H,6-7H2,1-5H3. The minimum atomic E-state index is 0.240.